The Morgan fingerprint density at radius 1 is 1.25 bits per heavy atom. The van der Waals surface area contributed by atoms with Gasteiger partial charge in [-0.25, -0.2) is 0 Å². The number of hydrogen-bond donors (Lipinski definition) is 1. The molecule has 51 valence electrons. The summed E-state index contributed by atoms with van der Waals surface area (Å²) in [5.74, 6) is 0. The van der Waals surface area contributed by atoms with E-state index in [4.69, 9.17) is 8.78 Å². The van der Waals surface area contributed by atoms with Crippen LogP contribution in [0.15, 0.2) is 0 Å². The minimum atomic E-state index is -0.500. The maximum absolute atomic E-state index is 8.52. The normalized spacial score (nSPS) is 7.88. The average molecular weight is 177 g/mol. The molecule has 0 atom stereocenters. The van der Waals surface area contributed by atoms with Gasteiger partial charge >= 0.3 is 21.0 Å². The number of halogens is 1. The Labute approximate surface area is 65.3 Å². The van der Waals surface area contributed by atoms with E-state index in [0.29, 0.717) is 0 Å². The van der Waals surface area contributed by atoms with Gasteiger partial charge in [-0.1, -0.05) is 0 Å². The van der Waals surface area contributed by atoms with E-state index >= 15 is 0 Å². The fraction of sp³-hybridized carbons (Fsp3) is 1.00. The Balaban J connectivity index is -0.0000000750. The van der Waals surface area contributed by atoms with Crippen molar-refractivity contribution in [3.8, 4) is 0 Å². The molecular formula is C4H10ClO2V-. The zero-order chi connectivity index (χ0) is 6.50. The van der Waals surface area contributed by atoms with E-state index in [-0.39, 0.29) is 12.4 Å². The summed E-state index contributed by atoms with van der Waals surface area (Å²) in [5, 5.41) is 8.52. The topological polar surface area (TPSA) is 37.3 Å². The van der Waals surface area contributed by atoms with Gasteiger partial charge in [-0.3, -0.25) is 0 Å². The average Bonchev–Trinajstić information content (AvgIpc) is 1.36. The Morgan fingerprint density at radius 3 is 1.25 bits per heavy atom. The summed E-state index contributed by atoms with van der Waals surface area (Å²) < 4.78 is 8.19. The Kier molecular flexibility index (Phi) is 15.1. The third-order valence-electron chi connectivity index (χ3n) is 0. The van der Waals surface area contributed by atoms with Gasteiger partial charge < -0.3 is 17.5 Å². The molecule has 0 aliphatic carbocycles. The monoisotopic (exact) mass is 176 g/mol. The van der Waals surface area contributed by atoms with E-state index in [0.717, 1.165) is 17.4 Å². The van der Waals surface area contributed by atoms with Crippen molar-refractivity contribution in [1.29, 1.82) is 0 Å². The van der Waals surface area contributed by atoms with Gasteiger partial charge in [0.2, 0.25) is 0 Å². The molecule has 0 saturated carbocycles. The van der Waals surface area contributed by atoms with Gasteiger partial charge in [0.15, 0.2) is 0 Å². The summed E-state index contributed by atoms with van der Waals surface area (Å²) in [5.41, 5.74) is -0.500. The summed E-state index contributed by atoms with van der Waals surface area (Å²) in [4.78, 5) is 0. The third kappa shape index (κ3) is 523. The molecule has 8 heavy (non-hydrogen) atoms. The van der Waals surface area contributed by atoms with Crippen molar-refractivity contribution in [2.24, 2.45) is 0 Å². The van der Waals surface area contributed by atoms with Crippen molar-refractivity contribution >= 4 is 0 Å². The molecule has 0 aromatic rings. The maximum atomic E-state index is 8.52. The molecule has 0 unspecified atom stereocenters. The summed E-state index contributed by atoms with van der Waals surface area (Å²) in [6.45, 7) is 5.23. The van der Waals surface area contributed by atoms with Gasteiger partial charge in [0, 0.05) is 0 Å². The van der Waals surface area contributed by atoms with Crippen molar-refractivity contribution < 1.29 is 38.6 Å². The van der Waals surface area contributed by atoms with E-state index in [1.165, 1.54) is 0 Å². The molecule has 0 aliphatic rings. The first kappa shape index (κ1) is 15.9. The Bertz CT molecular complexity index is 37.8. The van der Waals surface area contributed by atoms with Crippen LogP contribution in [0.5, 0.6) is 0 Å². The second-order valence-corrected chi connectivity index (χ2v) is 2.17. The molecule has 0 heterocycles. The van der Waals surface area contributed by atoms with Crippen LogP contribution in [0.25, 0.3) is 0 Å². The van der Waals surface area contributed by atoms with Crippen molar-refractivity contribution in [2.45, 2.75) is 26.4 Å². The molecule has 2 nitrogen and oxygen atoms in total. The zero-order valence-electron chi connectivity index (χ0n) is 5.18. The molecule has 0 aromatic heterocycles. The van der Waals surface area contributed by atoms with Gasteiger partial charge in [0.05, 0.1) is 5.60 Å². The molecule has 0 bridgehead atoms. The molecule has 0 amide bonds. The number of rotatable bonds is 0. The SMILES string of the molecule is CC(C)(C)O.[Cl-].[O]=[V]. The van der Waals surface area contributed by atoms with Crippen LogP contribution in [0.2, 0.25) is 0 Å². The van der Waals surface area contributed by atoms with E-state index in [9.17, 15) is 0 Å². The predicted molar refractivity (Wildman–Crippen MR) is 22.7 cm³/mol. The van der Waals surface area contributed by atoms with Crippen molar-refractivity contribution in [2.75, 3.05) is 0 Å². The van der Waals surface area contributed by atoms with Crippen LogP contribution in [-0.2, 0) is 21.0 Å². The molecule has 0 rings (SSSR count). The fourth-order valence-corrected chi connectivity index (χ4v) is 0. The van der Waals surface area contributed by atoms with Crippen LogP contribution < -0.4 is 12.4 Å². The van der Waals surface area contributed by atoms with Gasteiger partial charge in [0.1, 0.15) is 0 Å². The number of aliphatic hydroxyl groups is 1. The molecule has 0 aliphatic heterocycles. The first-order valence-corrected chi connectivity index (χ1v) is 2.48. The standard InChI is InChI=1S/C4H10O.ClH.O.V/c1-4(2,3)5;;;/h5H,1-3H3;1H;;/p-1. The Hall–Kier alpha value is 0.634. The first-order valence-electron chi connectivity index (χ1n) is 1.91. The van der Waals surface area contributed by atoms with Crippen LogP contribution >= 0.6 is 0 Å². The van der Waals surface area contributed by atoms with Crippen LogP contribution in [0.1, 0.15) is 20.8 Å². The van der Waals surface area contributed by atoms with Gasteiger partial charge in [-0.05, 0) is 20.8 Å². The Morgan fingerprint density at radius 2 is 1.25 bits per heavy atom. The summed E-state index contributed by atoms with van der Waals surface area (Å²) in [6, 6.07) is 0. The second-order valence-electron chi connectivity index (χ2n) is 2.17. The molecule has 0 fully saturated rings. The van der Waals surface area contributed by atoms with E-state index < -0.39 is 5.60 Å². The van der Waals surface area contributed by atoms with Crippen LogP contribution in [0.4, 0.5) is 0 Å². The quantitative estimate of drug-likeness (QED) is 0.449. The van der Waals surface area contributed by atoms with E-state index in [1.54, 1.807) is 20.8 Å². The summed E-state index contributed by atoms with van der Waals surface area (Å²) >= 11 is 1.06. The second kappa shape index (κ2) is 7.63. The summed E-state index contributed by atoms with van der Waals surface area (Å²) in [7, 11) is 0. The van der Waals surface area contributed by atoms with Crippen LogP contribution in [-0.4, -0.2) is 10.7 Å². The van der Waals surface area contributed by atoms with Crippen LogP contribution in [0, 0.1) is 0 Å². The van der Waals surface area contributed by atoms with E-state index in [2.05, 4.69) is 0 Å². The zero-order valence-corrected chi connectivity index (χ0v) is 7.33. The number of hydrogen-bond acceptors (Lipinski definition) is 2. The predicted octanol–water partition coefficient (Wildman–Crippen LogP) is -2.34. The summed E-state index contributed by atoms with van der Waals surface area (Å²) in [6.07, 6.45) is 0. The van der Waals surface area contributed by atoms with Crippen LogP contribution in [0.3, 0.4) is 0 Å². The van der Waals surface area contributed by atoms with Gasteiger partial charge in [-0.2, -0.15) is 0 Å². The molecule has 1 N–H and O–H groups in total. The minimum absolute atomic E-state index is 0. The molecule has 4 heteroatoms. The van der Waals surface area contributed by atoms with E-state index in [1.807, 2.05) is 0 Å². The van der Waals surface area contributed by atoms with Gasteiger partial charge in [-0.15, -0.1) is 0 Å². The molecule has 0 saturated heterocycles. The molecule has 0 aromatic carbocycles. The first-order chi connectivity index (χ1) is 3.00. The van der Waals surface area contributed by atoms with Crippen molar-refractivity contribution in [3.05, 3.63) is 0 Å². The third-order valence-corrected chi connectivity index (χ3v) is 0. The molecule has 0 radical (unpaired) electrons. The fourth-order valence-electron chi connectivity index (χ4n) is 0. The van der Waals surface area contributed by atoms with Crippen molar-refractivity contribution in [1.82, 2.24) is 0 Å². The van der Waals surface area contributed by atoms with Gasteiger partial charge in [0.25, 0.3) is 0 Å². The molecular weight excluding hydrogens is 166 g/mol. The molecule has 0 spiro atoms. The van der Waals surface area contributed by atoms with Crippen molar-refractivity contribution in [3.63, 3.8) is 0 Å².